The second-order valence-electron chi connectivity index (χ2n) is 5.94. The topological polar surface area (TPSA) is 117 Å². The van der Waals surface area contributed by atoms with Crippen LogP contribution in [0.1, 0.15) is 6.92 Å². The van der Waals surface area contributed by atoms with Crippen molar-refractivity contribution >= 4 is 34.4 Å². The van der Waals surface area contributed by atoms with Gasteiger partial charge < -0.3 is 19.7 Å². The summed E-state index contributed by atoms with van der Waals surface area (Å²) < 4.78 is 19.3. The second kappa shape index (κ2) is 7.31. The molecule has 0 saturated heterocycles. The van der Waals surface area contributed by atoms with Gasteiger partial charge in [0.15, 0.2) is 0 Å². The molecule has 0 unspecified atom stereocenters. The van der Waals surface area contributed by atoms with Crippen molar-refractivity contribution in [3.05, 3.63) is 58.8 Å². The molecule has 8 nitrogen and oxygen atoms in total. The van der Waals surface area contributed by atoms with Gasteiger partial charge in [0.25, 0.3) is 11.1 Å². The summed E-state index contributed by atoms with van der Waals surface area (Å²) in [6.07, 6.45) is 0. The fourth-order valence-corrected chi connectivity index (χ4v) is 3.24. The normalized spacial score (nSPS) is 12.2. The van der Waals surface area contributed by atoms with Crippen molar-refractivity contribution < 1.29 is 13.6 Å². The van der Waals surface area contributed by atoms with Gasteiger partial charge in [0.2, 0.25) is 5.91 Å². The lowest BCUT2D eigenvalue weighted by Crippen LogP contribution is -2.22. The molecule has 0 aliphatic carbocycles. The van der Waals surface area contributed by atoms with Crippen molar-refractivity contribution in [2.75, 3.05) is 5.32 Å². The second-order valence-corrected chi connectivity index (χ2v) is 7.23. The first kappa shape index (κ1) is 18.0. The molecule has 1 amide bonds. The quantitative estimate of drug-likeness (QED) is 0.444. The van der Waals surface area contributed by atoms with E-state index in [1.165, 1.54) is 12.1 Å². The monoisotopic (exact) mass is 399 g/mol. The maximum absolute atomic E-state index is 13.8. The third-order valence-corrected chi connectivity index (χ3v) is 4.88. The minimum Gasteiger partial charge on any atom is -0.411 e. The molecule has 1 atom stereocenters. The third-order valence-electron chi connectivity index (χ3n) is 3.94. The zero-order chi connectivity index (χ0) is 19.7. The van der Waals surface area contributed by atoms with Gasteiger partial charge in [0.1, 0.15) is 5.82 Å². The van der Waals surface area contributed by atoms with Gasteiger partial charge in [-0.3, -0.25) is 4.79 Å². The van der Waals surface area contributed by atoms with Crippen LogP contribution >= 0.6 is 11.8 Å². The van der Waals surface area contributed by atoms with Crippen LogP contribution in [-0.4, -0.2) is 31.3 Å². The maximum Gasteiger partial charge on any atom is 0.323 e. The zero-order valence-corrected chi connectivity index (χ0v) is 15.3. The molecule has 0 fully saturated rings. The first-order chi connectivity index (χ1) is 13.5. The van der Waals surface area contributed by atoms with Crippen LogP contribution in [0.25, 0.3) is 22.5 Å². The van der Waals surface area contributed by atoms with E-state index in [4.69, 9.17) is 4.42 Å². The van der Waals surface area contributed by atoms with Crippen LogP contribution in [0.15, 0.2) is 56.9 Å². The summed E-state index contributed by atoms with van der Waals surface area (Å²) in [5.41, 5.74) is 1.67. The van der Waals surface area contributed by atoms with Crippen molar-refractivity contribution in [1.29, 1.82) is 0 Å². The number of nitrogens with zero attached hydrogens (tertiary/aromatic N) is 2. The number of carbonyl (C=O) groups is 1. The number of hydrogen-bond acceptors (Lipinski definition) is 6. The molecule has 0 radical (unpaired) electrons. The molecule has 4 aromatic rings. The van der Waals surface area contributed by atoms with Crippen LogP contribution in [0.2, 0.25) is 0 Å². The van der Waals surface area contributed by atoms with E-state index in [9.17, 15) is 14.0 Å². The van der Waals surface area contributed by atoms with Crippen molar-refractivity contribution in [1.82, 2.24) is 20.2 Å². The molecule has 4 rings (SSSR count). The van der Waals surface area contributed by atoms with Gasteiger partial charge >= 0.3 is 5.69 Å². The molecular formula is C18H14FN5O3S. The molecule has 0 aliphatic rings. The number of H-pyrrole nitrogens is 2. The Morgan fingerprint density at radius 2 is 1.96 bits per heavy atom. The van der Waals surface area contributed by atoms with Gasteiger partial charge in [-0.15, -0.1) is 10.2 Å². The predicted octanol–water partition coefficient (Wildman–Crippen LogP) is 3.16. The SMILES string of the molecule is C[C@@H](Sc1nnc(-c2ccccc2F)o1)C(=O)Nc1ccc2[nH]c(=O)[nH]c2c1. The number of aromatic nitrogens is 4. The average Bonchev–Trinajstić information content (AvgIpc) is 3.27. The van der Waals surface area contributed by atoms with Crippen molar-refractivity contribution in [3.63, 3.8) is 0 Å². The molecule has 2 heterocycles. The number of benzene rings is 2. The summed E-state index contributed by atoms with van der Waals surface area (Å²) in [5.74, 6) is -0.699. The van der Waals surface area contributed by atoms with Crippen LogP contribution in [0, 0.1) is 5.82 Å². The Labute approximate surface area is 161 Å². The van der Waals surface area contributed by atoms with E-state index >= 15 is 0 Å². The summed E-state index contributed by atoms with van der Waals surface area (Å²) in [6.45, 7) is 1.68. The Bertz CT molecular complexity index is 1220. The molecule has 0 spiro atoms. The predicted molar refractivity (Wildman–Crippen MR) is 103 cm³/mol. The van der Waals surface area contributed by atoms with E-state index in [1.54, 1.807) is 37.3 Å². The number of imidazole rings is 1. The Morgan fingerprint density at radius 1 is 1.18 bits per heavy atom. The Kier molecular flexibility index (Phi) is 4.70. The van der Waals surface area contributed by atoms with Crippen molar-refractivity contribution in [2.45, 2.75) is 17.4 Å². The lowest BCUT2D eigenvalue weighted by Gasteiger charge is -2.09. The Balaban J connectivity index is 1.44. The number of carbonyl (C=O) groups excluding carboxylic acids is 1. The molecule has 0 bridgehead atoms. The maximum atomic E-state index is 13.8. The highest BCUT2D eigenvalue weighted by atomic mass is 32.2. The molecule has 0 aliphatic heterocycles. The minimum atomic E-state index is -0.546. The highest BCUT2D eigenvalue weighted by Gasteiger charge is 2.20. The zero-order valence-electron chi connectivity index (χ0n) is 14.5. The first-order valence-electron chi connectivity index (χ1n) is 8.27. The molecule has 10 heteroatoms. The van der Waals surface area contributed by atoms with Gasteiger partial charge in [-0.25, -0.2) is 9.18 Å². The molecule has 0 saturated carbocycles. The number of aromatic amines is 2. The van der Waals surface area contributed by atoms with Crippen LogP contribution in [0.4, 0.5) is 10.1 Å². The van der Waals surface area contributed by atoms with Gasteiger partial charge in [-0.05, 0) is 37.3 Å². The van der Waals surface area contributed by atoms with E-state index < -0.39 is 11.1 Å². The van der Waals surface area contributed by atoms with E-state index in [2.05, 4.69) is 25.5 Å². The van der Waals surface area contributed by atoms with Crippen LogP contribution in [-0.2, 0) is 4.79 Å². The van der Waals surface area contributed by atoms with Gasteiger partial charge in [0.05, 0.1) is 21.8 Å². The van der Waals surface area contributed by atoms with Gasteiger partial charge in [0, 0.05) is 5.69 Å². The van der Waals surface area contributed by atoms with Crippen molar-refractivity contribution in [2.24, 2.45) is 0 Å². The number of fused-ring (bicyclic) bond motifs is 1. The van der Waals surface area contributed by atoms with E-state index in [0.717, 1.165) is 11.8 Å². The lowest BCUT2D eigenvalue weighted by molar-refractivity contribution is -0.115. The Hall–Kier alpha value is -3.40. The standard InChI is InChI=1S/C18H14FN5O3S/c1-9(15(25)20-10-6-7-13-14(8-10)22-17(26)21-13)28-18-24-23-16(27-18)11-4-2-3-5-12(11)19/h2-9H,1H3,(H,20,25)(H2,21,22,26)/t9-/m1/s1. The minimum absolute atomic E-state index is 0.0510. The number of amides is 1. The number of hydrogen-bond donors (Lipinski definition) is 3. The number of anilines is 1. The summed E-state index contributed by atoms with van der Waals surface area (Å²) >= 11 is 1.06. The van der Waals surface area contributed by atoms with Gasteiger partial charge in [-0.1, -0.05) is 23.9 Å². The molecule has 28 heavy (non-hydrogen) atoms. The van der Waals surface area contributed by atoms with E-state index in [1.807, 2.05) is 0 Å². The molecule has 2 aromatic heterocycles. The van der Waals surface area contributed by atoms with E-state index in [0.29, 0.717) is 16.7 Å². The highest BCUT2D eigenvalue weighted by molar-refractivity contribution is 8.00. The fourth-order valence-electron chi connectivity index (χ4n) is 2.56. The lowest BCUT2D eigenvalue weighted by atomic mass is 10.2. The smallest absolute Gasteiger partial charge is 0.323 e. The average molecular weight is 399 g/mol. The van der Waals surface area contributed by atoms with Crippen LogP contribution in [0.3, 0.4) is 0 Å². The number of nitrogens with one attached hydrogen (secondary N) is 3. The van der Waals surface area contributed by atoms with Gasteiger partial charge in [-0.2, -0.15) is 0 Å². The number of rotatable bonds is 5. The molecule has 3 N–H and O–H groups in total. The van der Waals surface area contributed by atoms with Crippen LogP contribution in [0.5, 0.6) is 0 Å². The molecule has 2 aromatic carbocycles. The summed E-state index contributed by atoms with van der Waals surface area (Å²) in [5, 5.41) is 10.1. The largest absolute Gasteiger partial charge is 0.411 e. The van der Waals surface area contributed by atoms with E-state index in [-0.39, 0.29) is 28.3 Å². The highest BCUT2D eigenvalue weighted by Crippen LogP contribution is 2.28. The van der Waals surface area contributed by atoms with Crippen LogP contribution < -0.4 is 11.0 Å². The molecular weight excluding hydrogens is 385 g/mol. The van der Waals surface area contributed by atoms with Crippen molar-refractivity contribution in [3.8, 4) is 11.5 Å². The fraction of sp³-hybridized carbons (Fsp3) is 0.111. The first-order valence-corrected chi connectivity index (χ1v) is 9.15. The summed E-state index contributed by atoms with van der Waals surface area (Å²) in [6, 6.07) is 11.1. The number of thioether (sulfide) groups is 1. The Morgan fingerprint density at radius 3 is 2.79 bits per heavy atom. The summed E-state index contributed by atoms with van der Waals surface area (Å²) in [4.78, 5) is 29.0. The summed E-state index contributed by atoms with van der Waals surface area (Å²) in [7, 11) is 0. The number of halogens is 1. The molecule has 142 valence electrons. The third kappa shape index (κ3) is 3.67.